The van der Waals surface area contributed by atoms with Crippen LogP contribution in [0.4, 0.5) is 0 Å². The monoisotopic (exact) mass is 498 g/mol. The first-order chi connectivity index (χ1) is 17.5. The molecule has 4 aromatic rings. The van der Waals surface area contributed by atoms with Crippen molar-refractivity contribution in [3.8, 4) is 22.3 Å². The summed E-state index contributed by atoms with van der Waals surface area (Å²) in [5.41, 5.74) is 8.87. The fourth-order valence-corrected chi connectivity index (χ4v) is 5.31. The van der Waals surface area contributed by atoms with Crippen molar-refractivity contribution in [1.82, 2.24) is 0 Å². The zero-order valence-corrected chi connectivity index (χ0v) is 21.6. The molecule has 4 rings (SSSR count). The van der Waals surface area contributed by atoms with E-state index in [1.54, 1.807) is 0 Å². The first-order valence-electron chi connectivity index (χ1n) is 12.8. The molecule has 0 amide bonds. The zero-order valence-electron chi connectivity index (χ0n) is 20.7. The molecule has 0 atom stereocenters. The molecule has 4 aromatic carbocycles. The van der Waals surface area contributed by atoms with Crippen molar-refractivity contribution in [2.45, 2.75) is 44.9 Å². The number of hydrogen-bond donors (Lipinski definition) is 2. The van der Waals surface area contributed by atoms with Gasteiger partial charge in [0.1, 0.15) is 0 Å². The fraction of sp³-hybridized carbons (Fsp3) is 0.250. The minimum Gasteiger partial charge on any atom is -0.324 e. The molecule has 0 aliphatic carbocycles. The average molecular weight is 499 g/mol. The maximum atomic E-state index is 11.1. The van der Waals surface area contributed by atoms with E-state index in [0.29, 0.717) is 6.42 Å². The molecule has 0 fully saturated rings. The summed E-state index contributed by atoms with van der Waals surface area (Å²) in [5.74, 6) is 0. The molecule has 0 unspecified atom stereocenters. The lowest BCUT2D eigenvalue weighted by atomic mass is 9.91. The van der Waals surface area contributed by atoms with Crippen molar-refractivity contribution in [2.75, 3.05) is 6.16 Å². The van der Waals surface area contributed by atoms with E-state index in [1.807, 2.05) is 6.07 Å². The van der Waals surface area contributed by atoms with Crippen molar-refractivity contribution < 1.29 is 14.4 Å². The molecule has 0 spiro atoms. The van der Waals surface area contributed by atoms with Crippen LogP contribution in [0, 0.1) is 0 Å². The van der Waals surface area contributed by atoms with Gasteiger partial charge in [-0.25, -0.2) is 0 Å². The largest absolute Gasteiger partial charge is 0.325 e. The highest BCUT2D eigenvalue weighted by atomic mass is 31.2. The Morgan fingerprint density at radius 3 is 1.72 bits per heavy atom. The maximum absolute atomic E-state index is 11.1. The lowest BCUT2D eigenvalue weighted by molar-refractivity contribution is 0.371. The van der Waals surface area contributed by atoms with Crippen molar-refractivity contribution in [2.24, 2.45) is 0 Å². The first-order valence-corrected chi connectivity index (χ1v) is 14.6. The number of rotatable bonds is 12. The standard InChI is InChI=1S/C32H35O3P/c33-36(34,35)24-9-3-6-13-28-20-23-31(32(25-28)29-16-7-2-8-17-29)30-21-18-27(19-22-30)15-10-14-26-11-4-1-5-12-26/h1-2,4-5,7-8,11-12,16-23,25H,3,6,9-10,13-15,24H2,(H2,33,34,35). The van der Waals surface area contributed by atoms with Gasteiger partial charge in [0, 0.05) is 6.16 Å². The van der Waals surface area contributed by atoms with Gasteiger partial charge in [0.25, 0.3) is 0 Å². The van der Waals surface area contributed by atoms with Crippen LogP contribution in [0.15, 0.2) is 103 Å². The molecular formula is C32H35O3P. The molecule has 0 radical (unpaired) electrons. The number of aryl methyl sites for hydroxylation is 3. The summed E-state index contributed by atoms with van der Waals surface area (Å²) in [6.07, 6.45) is 6.49. The molecule has 2 N–H and O–H groups in total. The Morgan fingerprint density at radius 2 is 1.06 bits per heavy atom. The predicted molar refractivity (Wildman–Crippen MR) is 150 cm³/mol. The fourth-order valence-electron chi connectivity index (χ4n) is 4.67. The second-order valence-corrected chi connectivity index (χ2v) is 11.3. The van der Waals surface area contributed by atoms with Crippen LogP contribution in [-0.4, -0.2) is 15.9 Å². The molecule has 4 heteroatoms. The van der Waals surface area contributed by atoms with Crippen LogP contribution in [0.3, 0.4) is 0 Å². The molecule has 0 saturated heterocycles. The molecule has 3 nitrogen and oxygen atoms in total. The first kappa shape index (κ1) is 26.1. The van der Waals surface area contributed by atoms with Crippen LogP contribution in [0.25, 0.3) is 22.3 Å². The third-order valence-corrected chi connectivity index (χ3v) is 7.52. The molecule has 0 bridgehead atoms. The van der Waals surface area contributed by atoms with Gasteiger partial charge in [0.2, 0.25) is 0 Å². The van der Waals surface area contributed by atoms with Gasteiger partial charge in [0.05, 0.1) is 0 Å². The highest BCUT2D eigenvalue weighted by Crippen LogP contribution is 2.36. The summed E-state index contributed by atoms with van der Waals surface area (Å²) in [6, 6.07) is 36.8. The molecule has 36 heavy (non-hydrogen) atoms. The van der Waals surface area contributed by atoms with Gasteiger partial charge in [-0.05, 0) is 77.5 Å². The van der Waals surface area contributed by atoms with E-state index in [1.165, 1.54) is 38.9 Å². The number of hydrogen-bond acceptors (Lipinski definition) is 1. The van der Waals surface area contributed by atoms with E-state index in [9.17, 15) is 4.57 Å². The molecule has 0 aromatic heterocycles. The van der Waals surface area contributed by atoms with E-state index in [4.69, 9.17) is 9.79 Å². The smallest absolute Gasteiger partial charge is 0.324 e. The van der Waals surface area contributed by atoms with E-state index < -0.39 is 7.60 Å². The Labute approximate surface area is 215 Å². The summed E-state index contributed by atoms with van der Waals surface area (Å²) in [7, 11) is -3.89. The summed E-state index contributed by atoms with van der Waals surface area (Å²) in [5, 5.41) is 0. The van der Waals surface area contributed by atoms with Crippen LogP contribution in [0.1, 0.15) is 42.4 Å². The van der Waals surface area contributed by atoms with E-state index >= 15 is 0 Å². The summed E-state index contributed by atoms with van der Waals surface area (Å²) in [4.78, 5) is 18.1. The van der Waals surface area contributed by atoms with Gasteiger partial charge in [-0.3, -0.25) is 4.57 Å². The molecular weight excluding hydrogens is 463 g/mol. The SMILES string of the molecule is O=P(O)(O)CCCCCc1ccc(-c2ccc(CCCc3ccccc3)cc2)c(-c2ccccc2)c1. The van der Waals surface area contributed by atoms with Crippen LogP contribution >= 0.6 is 7.60 Å². The zero-order chi connectivity index (χ0) is 25.2. The third kappa shape index (κ3) is 8.03. The van der Waals surface area contributed by atoms with Crippen LogP contribution in [0.2, 0.25) is 0 Å². The minimum absolute atomic E-state index is 0.0244. The van der Waals surface area contributed by atoms with E-state index in [-0.39, 0.29) is 6.16 Å². The second-order valence-electron chi connectivity index (χ2n) is 9.48. The van der Waals surface area contributed by atoms with Gasteiger partial charge < -0.3 is 9.79 Å². The summed E-state index contributed by atoms with van der Waals surface area (Å²) in [6.45, 7) is 0. The Kier molecular flexibility index (Phi) is 9.30. The highest BCUT2D eigenvalue weighted by molar-refractivity contribution is 7.51. The molecule has 0 aliphatic rings. The molecule has 0 saturated carbocycles. The van der Waals surface area contributed by atoms with E-state index in [0.717, 1.165) is 38.5 Å². The molecule has 0 heterocycles. The van der Waals surface area contributed by atoms with Gasteiger partial charge in [0.15, 0.2) is 0 Å². The Morgan fingerprint density at radius 1 is 0.500 bits per heavy atom. The lowest BCUT2D eigenvalue weighted by Crippen LogP contribution is -1.93. The normalized spacial score (nSPS) is 11.5. The maximum Gasteiger partial charge on any atom is 0.325 e. The van der Waals surface area contributed by atoms with Gasteiger partial charge in [-0.2, -0.15) is 0 Å². The Hall–Kier alpha value is -2.97. The van der Waals surface area contributed by atoms with Crippen LogP contribution in [0.5, 0.6) is 0 Å². The molecule has 186 valence electrons. The van der Waals surface area contributed by atoms with Gasteiger partial charge in [-0.15, -0.1) is 0 Å². The summed E-state index contributed by atoms with van der Waals surface area (Å²) >= 11 is 0. The van der Waals surface area contributed by atoms with Crippen LogP contribution < -0.4 is 0 Å². The topological polar surface area (TPSA) is 57.5 Å². The highest BCUT2D eigenvalue weighted by Gasteiger charge is 2.12. The lowest BCUT2D eigenvalue weighted by Gasteiger charge is -2.14. The van der Waals surface area contributed by atoms with Gasteiger partial charge >= 0.3 is 7.60 Å². The van der Waals surface area contributed by atoms with Gasteiger partial charge in [-0.1, -0.05) is 110 Å². The average Bonchev–Trinajstić information content (AvgIpc) is 2.89. The minimum atomic E-state index is -3.89. The van der Waals surface area contributed by atoms with Crippen LogP contribution in [-0.2, 0) is 23.8 Å². The van der Waals surface area contributed by atoms with Crippen molar-refractivity contribution >= 4 is 7.60 Å². The molecule has 0 aliphatic heterocycles. The Bertz CT molecular complexity index is 1260. The number of unbranched alkanes of at least 4 members (excludes halogenated alkanes) is 2. The Balaban J connectivity index is 1.45. The number of benzene rings is 4. The third-order valence-electron chi connectivity index (χ3n) is 6.62. The van der Waals surface area contributed by atoms with Crippen molar-refractivity contribution in [3.63, 3.8) is 0 Å². The second kappa shape index (κ2) is 12.8. The van der Waals surface area contributed by atoms with Crippen molar-refractivity contribution in [1.29, 1.82) is 0 Å². The van der Waals surface area contributed by atoms with E-state index in [2.05, 4.69) is 97.1 Å². The quantitative estimate of drug-likeness (QED) is 0.153. The van der Waals surface area contributed by atoms with Crippen molar-refractivity contribution in [3.05, 3.63) is 120 Å². The predicted octanol–water partition coefficient (Wildman–Crippen LogP) is 8.09. The summed E-state index contributed by atoms with van der Waals surface area (Å²) < 4.78 is 11.1.